The molecule has 8 fully saturated rings. The van der Waals surface area contributed by atoms with Gasteiger partial charge in [-0.25, -0.2) is 0 Å². The molecule has 16 nitrogen and oxygen atoms in total. The smallest absolute Gasteiger partial charge is 0.187 e. The molecule has 10 N–H and O–H groups in total. The number of aliphatic hydroxyl groups is 9. The molecule has 1 spiro atoms. The number of hydrogen-bond acceptors (Lipinski definition) is 16. The van der Waals surface area contributed by atoms with E-state index in [1.54, 1.807) is 0 Å². The maximum absolute atomic E-state index is 11.6. The summed E-state index contributed by atoms with van der Waals surface area (Å²) in [6.45, 7) is 11.3. The van der Waals surface area contributed by atoms with Crippen molar-refractivity contribution in [2.75, 3.05) is 19.8 Å². The normalized spacial score (nSPS) is 57.6. The van der Waals surface area contributed by atoms with Gasteiger partial charge in [0.1, 0.15) is 67.1 Å². The molecule has 4 heterocycles. The Hall–Kier alpha value is -0.900. The van der Waals surface area contributed by atoms with Gasteiger partial charge < -0.3 is 79.7 Å². The third-order valence-corrected chi connectivity index (χ3v) is 18.6. The van der Waals surface area contributed by atoms with E-state index >= 15 is 0 Å². The molecule has 9 aliphatic rings. The maximum atomic E-state index is 11.6. The third kappa shape index (κ3) is 7.50. The summed E-state index contributed by atoms with van der Waals surface area (Å²) in [5.74, 6) is 4.88. The average Bonchev–Trinajstić information content (AvgIpc) is 3.70. The van der Waals surface area contributed by atoms with Gasteiger partial charge in [0, 0.05) is 5.54 Å². The summed E-state index contributed by atoms with van der Waals surface area (Å²) in [6, 6.07) is 0. The van der Waals surface area contributed by atoms with Gasteiger partial charge in [0.2, 0.25) is 0 Å². The summed E-state index contributed by atoms with van der Waals surface area (Å²) in [5, 5.41) is 99.9. The van der Waals surface area contributed by atoms with E-state index in [-0.39, 0.29) is 11.5 Å². The van der Waals surface area contributed by atoms with Crippen LogP contribution in [0.2, 0.25) is 0 Å². The van der Waals surface area contributed by atoms with Crippen LogP contribution in [0.15, 0.2) is 11.6 Å². The molecular weight excluding hydrogens is 806 g/mol. The Kier molecular flexibility index (Phi) is 12.9. The van der Waals surface area contributed by atoms with Crippen LogP contribution in [0.4, 0.5) is 0 Å². The van der Waals surface area contributed by atoms with Crippen molar-refractivity contribution >= 4 is 0 Å². The van der Waals surface area contributed by atoms with Gasteiger partial charge in [0.15, 0.2) is 18.9 Å². The van der Waals surface area contributed by atoms with Gasteiger partial charge in [-0.2, -0.15) is 0 Å². The minimum atomic E-state index is -1.83. The van der Waals surface area contributed by atoms with E-state index in [9.17, 15) is 46.0 Å². The monoisotopic (exact) mass is 882 g/mol. The number of fused-ring (bicyclic) bond motifs is 7. The molecular formula is C46H75NO15. The first-order valence-corrected chi connectivity index (χ1v) is 23.8. The second-order valence-electron chi connectivity index (χ2n) is 21.8. The minimum Gasteiger partial charge on any atom is -0.394 e. The molecule has 0 aromatic rings. The number of aliphatic hydroxyl groups excluding tert-OH is 9. The highest BCUT2D eigenvalue weighted by molar-refractivity contribution is 5.27. The van der Waals surface area contributed by atoms with Crippen LogP contribution in [0.5, 0.6) is 0 Å². The van der Waals surface area contributed by atoms with Crippen molar-refractivity contribution in [3.8, 4) is 0 Å². The highest BCUT2D eigenvalue weighted by atomic mass is 16.8. The lowest BCUT2D eigenvalue weighted by Gasteiger charge is -2.59. The van der Waals surface area contributed by atoms with Gasteiger partial charge in [0.25, 0.3) is 0 Å². The lowest BCUT2D eigenvalue weighted by Crippen LogP contribution is -2.67. The van der Waals surface area contributed by atoms with Gasteiger partial charge in [0.05, 0.1) is 25.4 Å². The SMILES string of the molecule is C[C@@H]1CC[C@]2(C[C@H]3C[C@H]4[C@H]5CC=C6C[C@@H](O[C@@H]7O[C@H](CO)[C@H](O)[C@H](O[C@@H]8O[C@H](CO)[C@@H](O)[C@H](O)[C@H]8O)[C@H]7O[C@@H]7O[C@@H](C)[C@H](O)[C@@H](O)[C@H]7O)CC[C@]6(C)[C@@H]5CC[C@]4(C)[C@H]3[C@@H]2C)NC1. The molecule has 0 aromatic heterocycles. The van der Waals surface area contributed by atoms with Gasteiger partial charge in [-0.3, -0.25) is 0 Å². The van der Waals surface area contributed by atoms with Gasteiger partial charge in [-0.05, 0) is 130 Å². The average molecular weight is 882 g/mol. The molecule has 5 aliphatic carbocycles. The third-order valence-electron chi connectivity index (χ3n) is 18.6. The molecule has 0 unspecified atom stereocenters. The lowest BCUT2D eigenvalue weighted by molar-refractivity contribution is -0.394. The van der Waals surface area contributed by atoms with E-state index < -0.39 is 105 Å². The fraction of sp³-hybridized carbons (Fsp3) is 0.957. The van der Waals surface area contributed by atoms with Crippen molar-refractivity contribution in [1.82, 2.24) is 5.32 Å². The maximum Gasteiger partial charge on any atom is 0.187 e. The first-order chi connectivity index (χ1) is 29.4. The summed E-state index contributed by atoms with van der Waals surface area (Å²) < 4.78 is 36.8. The Morgan fingerprint density at radius 3 is 2.05 bits per heavy atom. The predicted molar refractivity (Wildman–Crippen MR) is 219 cm³/mol. The van der Waals surface area contributed by atoms with Gasteiger partial charge >= 0.3 is 0 Å². The summed E-state index contributed by atoms with van der Waals surface area (Å²) in [5.41, 5.74) is 2.02. The molecule has 4 aliphatic heterocycles. The zero-order chi connectivity index (χ0) is 44.2. The second-order valence-corrected chi connectivity index (χ2v) is 21.8. The van der Waals surface area contributed by atoms with E-state index in [4.69, 9.17) is 28.4 Å². The highest BCUT2D eigenvalue weighted by Gasteiger charge is 2.67. The Labute approximate surface area is 365 Å². The molecule has 354 valence electrons. The molecule has 9 rings (SSSR count). The van der Waals surface area contributed by atoms with Crippen molar-refractivity contribution in [2.24, 2.45) is 52.3 Å². The molecule has 4 saturated heterocycles. The zero-order valence-corrected chi connectivity index (χ0v) is 37.0. The topological polar surface area (TPSA) is 249 Å². The number of ether oxygens (including phenoxy) is 6. The molecule has 26 atom stereocenters. The minimum absolute atomic E-state index is 0.00474. The number of allylic oxidation sites excluding steroid dienone is 1. The highest BCUT2D eigenvalue weighted by Crippen LogP contribution is 2.72. The summed E-state index contributed by atoms with van der Waals surface area (Å²) in [4.78, 5) is 0. The van der Waals surface area contributed by atoms with Crippen molar-refractivity contribution in [2.45, 2.75) is 203 Å². The van der Waals surface area contributed by atoms with Crippen LogP contribution in [0, 0.1) is 52.3 Å². The summed E-state index contributed by atoms with van der Waals surface area (Å²) in [6.07, 6.45) is -9.86. The van der Waals surface area contributed by atoms with E-state index in [1.807, 2.05) is 0 Å². The lowest BCUT2D eigenvalue weighted by atomic mass is 9.46. The molecule has 4 saturated carbocycles. The predicted octanol–water partition coefficient (Wildman–Crippen LogP) is 0.451. The fourth-order valence-electron chi connectivity index (χ4n) is 15.0. The molecule has 0 aromatic carbocycles. The largest absolute Gasteiger partial charge is 0.394 e. The molecule has 0 amide bonds. The zero-order valence-electron chi connectivity index (χ0n) is 37.0. The first-order valence-electron chi connectivity index (χ1n) is 23.8. The summed E-state index contributed by atoms with van der Waals surface area (Å²) >= 11 is 0. The van der Waals surface area contributed by atoms with Crippen LogP contribution in [0.25, 0.3) is 0 Å². The van der Waals surface area contributed by atoms with Crippen LogP contribution in [0.1, 0.15) is 98.8 Å². The quantitative estimate of drug-likeness (QED) is 0.149. The van der Waals surface area contributed by atoms with Crippen LogP contribution < -0.4 is 5.32 Å². The Balaban J connectivity index is 0.940. The van der Waals surface area contributed by atoms with Gasteiger partial charge in [-0.15, -0.1) is 0 Å². The Morgan fingerprint density at radius 1 is 0.694 bits per heavy atom. The van der Waals surface area contributed by atoms with E-state index in [2.05, 4.69) is 39.1 Å². The van der Waals surface area contributed by atoms with Crippen molar-refractivity contribution < 1.29 is 74.4 Å². The van der Waals surface area contributed by atoms with E-state index in [0.717, 1.165) is 37.1 Å². The van der Waals surface area contributed by atoms with E-state index in [0.29, 0.717) is 47.5 Å². The standard InChI is InChI=1S/C46H75NO15/c1-20-8-13-46(47-17-20)16-23-14-28-26-7-6-24-15-25(9-11-44(24,4)27(26)10-12-45(28,5)31(23)21(46)2)58-43-40(62-41-37(55)35(53)32(50)22(3)57-41)39(34(52)30(19-49)60-43)61-42-38(56)36(54)33(51)29(18-48)59-42/h6,20-23,25-43,47-56H,7-19H2,1-5H3/t20-,21+,22+,23-,25+,26+,27-,28+,29-,30-,31+,32+,33-,34+,35-,36+,37-,38-,39+,40-,41+,42+,43-,44+,45+,46-/m1/s1. The number of rotatable bonds is 8. The molecule has 16 heteroatoms. The van der Waals surface area contributed by atoms with Crippen molar-refractivity contribution in [1.29, 1.82) is 0 Å². The fourth-order valence-corrected chi connectivity index (χ4v) is 15.0. The van der Waals surface area contributed by atoms with Crippen molar-refractivity contribution in [3.63, 3.8) is 0 Å². The van der Waals surface area contributed by atoms with Crippen LogP contribution in [0.3, 0.4) is 0 Å². The molecule has 0 radical (unpaired) electrons. The van der Waals surface area contributed by atoms with Crippen molar-refractivity contribution in [3.05, 3.63) is 11.6 Å². The number of nitrogens with one attached hydrogen (secondary N) is 1. The molecule has 0 bridgehead atoms. The Bertz CT molecular complexity index is 1610. The molecule has 62 heavy (non-hydrogen) atoms. The summed E-state index contributed by atoms with van der Waals surface area (Å²) in [7, 11) is 0. The Morgan fingerprint density at radius 2 is 1.35 bits per heavy atom. The van der Waals surface area contributed by atoms with Crippen LogP contribution in [-0.2, 0) is 28.4 Å². The first kappa shape index (κ1) is 46.2. The van der Waals surface area contributed by atoms with E-state index in [1.165, 1.54) is 51.0 Å². The van der Waals surface area contributed by atoms with Crippen LogP contribution >= 0.6 is 0 Å². The number of hydrogen-bond donors (Lipinski definition) is 10. The number of piperidine rings is 1. The van der Waals surface area contributed by atoms with Crippen LogP contribution in [-0.4, -0.2) is 169 Å². The second kappa shape index (κ2) is 17.3. The van der Waals surface area contributed by atoms with Gasteiger partial charge in [-0.1, -0.05) is 39.3 Å².